The lowest BCUT2D eigenvalue weighted by atomic mass is 10.1. The zero-order valence-corrected chi connectivity index (χ0v) is 13.6. The molecule has 1 aliphatic heterocycles. The number of nitrogens with one attached hydrogen (secondary N) is 1. The topological polar surface area (TPSA) is 66.5 Å². The molecule has 3 amide bonds. The van der Waals surface area contributed by atoms with Crippen LogP contribution in [0.5, 0.6) is 0 Å². The first-order valence-corrected chi connectivity index (χ1v) is 7.80. The summed E-state index contributed by atoms with van der Waals surface area (Å²) >= 11 is 0. The van der Waals surface area contributed by atoms with E-state index in [0.717, 1.165) is 29.2 Å². The zero-order valence-electron chi connectivity index (χ0n) is 13.6. The number of nitrogens with zero attached hydrogens (tertiary/aromatic N) is 1. The molecule has 0 fully saturated rings. The Morgan fingerprint density at radius 3 is 2.41 bits per heavy atom. The van der Waals surface area contributed by atoms with Gasteiger partial charge in [-0.2, -0.15) is 13.2 Å². The first kappa shape index (κ1) is 18.6. The molecular formula is C18H12F4N2O3. The van der Waals surface area contributed by atoms with Gasteiger partial charge in [-0.05, 0) is 30.3 Å². The van der Waals surface area contributed by atoms with E-state index in [1.807, 2.05) is 0 Å². The Labute approximate surface area is 150 Å². The standard InChI is InChI=1S/C18H12F4N2O3/c19-13-6-2-5-12-15(13)17(27)24(16(12)26)8-7-14(25)23-11-4-1-3-10(9-11)18(20,21)22/h1-6,9H,7-8H2,(H,23,25). The van der Waals surface area contributed by atoms with Crippen LogP contribution in [0.1, 0.15) is 32.7 Å². The Kier molecular flexibility index (Phi) is 4.69. The van der Waals surface area contributed by atoms with Gasteiger partial charge in [0.25, 0.3) is 11.8 Å². The van der Waals surface area contributed by atoms with Crippen LogP contribution in [-0.2, 0) is 11.0 Å². The number of carbonyl (C=O) groups excluding carboxylic acids is 3. The Morgan fingerprint density at radius 1 is 1.04 bits per heavy atom. The lowest BCUT2D eigenvalue weighted by Crippen LogP contribution is -2.33. The second kappa shape index (κ2) is 6.82. The average molecular weight is 380 g/mol. The van der Waals surface area contributed by atoms with Crippen molar-refractivity contribution in [3.63, 3.8) is 0 Å². The maximum absolute atomic E-state index is 13.7. The molecule has 9 heteroatoms. The molecule has 1 heterocycles. The summed E-state index contributed by atoms with van der Waals surface area (Å²) in [5.41, 5.74) is -1.42. The van der Waals surface area contributed by atoms with Gasteiger partial charge in [0.15, 0.2) is 0 Å². The van der Waals surface area contributed by atoms with Crippen molar-refractivity contribution in [2.24, 2.45) is 0 Å². The summed E-state index contributed by atoms with van der Waals surface area (Å²) in [7, 11) is 0. The van der Waals surface area contributed by atoms with Gasteiger partial charge in [0.05, 0.1) is 16.7 Å². The van der Waals surface area contributed by atoms with Crippen molar-refractivity contribution in [1.82, 2.24) is 4.90 Å². The summed E-state index contributed by atoms with van der Waals surface area (Å²) in [6, 6.07) is 7.71. The van der Waals surface area contributed by atoms with Gasteiger partial charge >= 0.3 is 6.18 Å². The third-order valence-electron chi connectivity index (χ3n) is 3.98. The van der Waals surface area contributed by atoms with Gasteiger partial charge in [0, 0.05) is 18.7 Å². The van der Waals surface area contributed by atoms with Crippen LogP contribution in [0.15, 0.2) is 42.5 Å². The molecule has 5 nitrogen and oxygen atoms in total. The molecule has 1 N–H and O–H groups in total. The highest BCUT2D eigenvalue weighted by atomic mass is 19.4. The minimum absolute atomic E-state index is 0.0665. The average Bonchev–Trinajstić information content (AvgIpc) is 2.84. The van der Waals surface area contributed by atoms with Crippen molar-refractivity contribution in [3.05, 3.63) is 65.0 Å². The normalized spacial score (nSPS) is 13.7. The number of amides is 3. The third-order valence-corrected chi connectivity index (χ3v) is 3.98. The Hall–Kier alpha value is -3.23. The quantitative estimate of drug-likeness (QED) is 0.653. The second-order valence-corrected chi connectivity index (χ2v) is 5.80. The van der Waals surface area contributed by atoms with Crippen LogP contribution in [-0.4, -0.2) is 29.2 Å². The first-order chi connectivity index (χ1) is 12.7. The molecule has 0 saturated carbocycles. The molecule has 0 aliphatic carbocycles. The molecular weight excluding hydrogens is 368 g/mol. The highest BCUT2D eigenvalue weighted by molar-refractivity contribution is 6.21. The first-order valence-electron chi connectivity index (χ1n) is 7.80. The van der Waals surface area contributed by atoms with Gasteiger partial charge in [-0.1, -0.05) is 12.1 Å². The highest BCUT2D eigenvalue weighted by Crippen LogP contribution is 2.30. The molecule has 2 aromatic rings. The minimum atomic E-state index is -4.55. The van der Waals surface area contributed by atoms with E-state index in [-0.39, 0.29) is 29.8 Å². The van der Waals surface area contributed by atoms with Crippen LogP contribution >= 0.6 is 0 Å². The molecule has 140 valence electrons. The fourth-order valence-corrected chi connectivity index (χ4v) is 2.71. The van der Waals surface area contributed by atoms with E-state index in [9.17, 15) is 31.9 Å². The predicted octanol–water partition coefficient (Wildman–Crippen LogP) is 3.47. The lowest BCUT2D eigenvalue weighted by Gasteiger charge is -2.14. The summed E-state index contributed by atoms with van der Waals surface area (Å²) in [6.45, 7) is -0.323. The van der Waals surface area contributed by atoms with Crippen molar-refractivity contribution in [2.75, 3.05) is 11.9 Å². The summed E-state index contributed by atoms with van der Waals surface area (Å²) < 4.78 is 51.8. The maximum Gasteiger partial charge on any atom is 0.416 e. The minimum Gasteiger partial charge on any atom is -0.326 e. The number of imide groups is 1. The number of hydrogen-bond acceptors (Lipinski definition) is 3. The molecule has 2 aromatic carbocycles. The number of rotatable bonds is 4. The fourth-order valence-electron chi connectivity index (χ4n) is 2.71. The van der Waals surface area contributed by atoms with Crippen LogP contribution in [0.4, 0.5) is 23.2 Å². The molecule has 1 aliphatic rings. The van der Waals surface area contributed by atoms with E-state index in [4.69, 9.17) is 0 Å². The third kappa shape index (κ3) is 3.67. The molecule has 27 heavy (non-hydrogen) atoms. The van der Waals surface area contributed by atoms with Gasteiger partial charge in [0.1, 0.15) is 5.82 Å². The Morgan fingerprint density at radius 2 is 1.74 bits per heavy atom. The van der Waals surface area contributed by atoms with E-state index >= 15 is 0 Å². The number of benzene rings is 2. The zero-order chi connectivity index (χ0) is 19.8. The Bertz CT molecular complexity index is 940. The number of hydrogen-bond donors (Lipinski definition) is 1. The largest absolute Gasteiger partial charge is 0.416 e. The molecule has 0 unspecified atom stereocenters. The van der Waals surface area contributed by atoms with E-state index in [0.29, 0.717) is 0 Å². The van der Waals surface area contributed by atoms with Gasteiger partial charge in [-0.3, -0.25) is 19.3 Å². The summed E-state index contributed by atoms with van der Waals surface area (Å²) in [5, 5.41) is 2.28. The summed E-state index contributed by atoms with van der Waals surface area (Å²) in [4.78, 5) is 37.0. The molecule has 0 radical (unpaired) electrons. The van der Waals surface area contributed by atoms with Crippen LogP contribution < -0.4 is 5.32 Å². The maximum atomic E-state index is 13.7. The number of alkyl halides is 3. The monoisotopic (exact) mass is 380 g/mol. The van der Waals surface area contributed by atoms with Crippen molar-refractivity contribution in [1.29, 1.82) is 0 Å². The molecule has 3 rings (SSSR count). The van der Waals surface area contributed by atoms with E-state index in [2.05, 4.69) is 5.32 Å². The lowest BCUT2D eigenvalue weighted by molar-refractivity contribution is -0.137. The van der Waals surface area contributed by atoms with Crippen molar-refractivity contribution < 1.29 is 31.9 Å². The number of carbonyl (C=O) groups is 3. The van der Waals surface area contributed by atoms with E-state index in [1.165, 1.54) is 18.2 Å². The predicted molar refractivity (Wildman–Crippen MR) is 86.5 cm³/mol. The van der Waals surface area contributed by atoms with Crippen molar-refractivity contribution >= 4 is 23.4 Å². The Balaban J connectivity index is 1.65. The number of halogens is 4. The van der Waals surface area contributed by atoms with Gasteiger partial charge in [-0.25, -0.2) is 4.39 Å². The van der Waals surface area contributed by atoms with Crippen molar-refractivity contribution in [2.45, 2.75) is 12.6 Å². The molecule has 0 bridgehead atoms. The molecule has 0 atom stereocenters. The van der Waals surface area contributed by atoms with E-state index < -0.39 is 35.3 Å². The smallest absolute Gasteiger partial charge is 0.326 e. The van der Waals surface area contributed by atoms with Crippen LogP contribution in [0.25, 0.3) is 0 Å². The van der Waals surface area contributed by atoms with Crippen LogP contribution in [0, 0.1) is 5.82 Å². The molecule has 0 spiro atoms. The fraction of sp³-hybridized carbons (Fsp3) is 0.167. The molecule has 0 aromatic heterocycles. The number of anilines is 1. The summed E-state index contributed by atoms with van der Waals surface area (Å²) in [6.07, 6.45) is -4.89. The van der Waals surface area contributed by atoms with Gasteiger partial charge in [0.2, 0.25) is 5.91 Å². The number of fused-ring (bicyclic) bond motifs is 1. The van der Waals surface area contributed by atoms with E-state index in [1.54, 1.807) is 0 Å². The second-order valence-electron chi connectivity index (χ2n) is 5.80. The molecule has 0 saturated heterocycles. The van der Waals surface area contributed by atoms with Gasteiger partial charge in [-0.15, -0.1) is 0 Å². The SMILES string of the molecule is O=C(CCN1C(=O)c2cccc(F)c2C1=O)Nc1cccc(C(F)(F)F)c1. The van der Waals surface area contributed by atoms with Crippen LogP contribution in [0.2, 0.25) is 0 Å². The van der Waals surface area contributed by atoms with Gasteiger partial charge < -0.3 is 5.32 Å². The van der Waals surface area contributed by atoms with Crippen molar-refractivity contribution in [3.8, 4) is 0 Å². The summed E-state index contributed by atoms with van der Waals surface area (Å²) in [5.74, 6) is -3.09. The highest BCUT2D eigenvalue weighted by Gasteiger charge is 2.37. The van der Waals surface area contributed by atoms with Crippen LogP contribution in [0.3, 0.4) is 0 Å².